The summed E-state index contributed by atoms with van der Waals surface area (Å²) in [6.45, 7) is 3.23. The van der Waals surface area contributed by atoms with Gasteiger partial charge in [-0.1, -0.05) is 30.3 Å². The van der Waals surface area contributed by atoms with E-state index in [2.05, 4.69) is 10.1 Å². The summed E-state index contributed by atoms with van der Waals surface area (Å²) in [4.78, 5) is 80.3. The first kappa shape index (κ1) is 27.9. The lowest BCUT2D eigenvalue weighted by atomic mass is 9.98. The Labute approximate surface area is 205 Å². The quantitative estimate of drug-likeness (QED) is 0.145. The molecule has 2 heterocycles. The molecule has 3 rings (SSSR count). The third-order valence-electron chi connectivity index (χ3n) is 4.96. The van der Waals surface area contributed by atoms with Gasteiger partial charge in [0.1, 0.15) is 6.61 Å². The number of rotatable bonds is 7. The molecule has 14 nitrogen and oxygen atoms in total. The topological polar surface area (TPSA) is 209 Å². The molecule has 1 aromatic rings. The molecule has 2 unspecified atom stereocenters. The Morgan fingerprint density at radius 3 is 1.92 bits per heavy atom. The van der Waals surface area contributed by atoms with Crippen LogP contribution in [0.1, 0.15) is 32.3 Å². The number of benzene rings is 1. The standard InChI is InChI=1S/C15H16N2O6.C7H10N2O4/c1-2-22-13(20)15(8-11(18)16-12(15)19)17-14(21)23-9-10-6-4-3-5-7-10;1-2-13-6(12)7(8)3-4(10)9-5(7)11/h3-7H,2,8-9H2,1H3,(H,17,21)(H,16,18,19);2-3,8H2,1H3,(H,9,10,11). The van der Waals surface area contributed by atoms with Crippen molar-refractivity contribution in [2.45, 2.75) is 44.4 Å². The van der Waals surface area contributed by atoms with E-state index in [-0.39, 0.29) is 26.2 Å². The second-order valence-electron chi connectivity index (χ2n) is 7.61. The first-order valence-corrected chi connectivity index (χ1v) is 10.8. The molecule has 0 radical (unpaired) electrons. The average Bonchev–Trinajstić information content (AvgIpc) is 3.27. The Balaban J connectivity index is 0.000000297. The molecule has 2 aliphatic heterocycles. The fourth-order valence-corrected chi connectivity index (χ4v) is 3.14. The van der Waals surface area contributed by atoms with E-state index in [1.165, 1.54) is 0 Å². The lowest BCUT2D eigenvalue weighted by Gasteiger charge is -2.23. The largest absolute Gasteiger partial charge is 0.464 e. The molecule has 194 valence electrons. The smallest absolute Gasteiger partial charge is 0.408 e. The second-order valence-corrected chi connectivity index (χ2v) is 7.61. The van der Waals surface area contributed by atoms with Crippen LogP contribution in [-0.4, -0.2) is 66.0 Å². The zero-order valence-corrected chi connectivity index (χ0v) is 19.6. The Morgan fingerprint density at radius 1 is 0.861 bits per heavy atom. The van der Waals surface area contributed by atoms with Gasteiger partial charge in [0.2, 0.25) is 22.9 Å². The third kappa shape index (κ3) is 6.41. The van der Waals surface area contributed by atoms with E-state index >= 15 is 0 Å². The molecule has 2 saturated heterocycles. The van der Waals surface area contributed by atoms with E-state index in [1.807, 2.05) is 16.7 Å². The lowest BCUT2D eigenvalue weighted by Crippen LogP contribution is -2.59. The zero-order chi connectivity index (χ0) is 26.9. The fourth-order valence-electron chi connectivity index (χ4n) is 3.14. The number of nitrogens with two attached hydrogens (primary N) is 1. The number of imide groups is 2. The van der Waals surface area contributed by atoms with Gasteiger partial charge < -0.3 is 19.9 Å². The van der Waals surface area contributed by atoms with Crippen molar-refractivity contribution in [1.29, 1.82) is 0 Å². The van der Waals surface area contributed by atoms with Crippen molar-refractivity contribution in [2.24, 2.45) is 5.73 Å². The van der Waals surface area contributed by atoms with Crippen LogP contribution in [0.4, 0.5) is 4.79 Å². The number of carbonyl (C=O) groups excluding carboxylic acids is 7. The van der Waals surface area contributed by atoms with E-state index in [0.717, 1.165) is 5.56 Å². The van der Waals surface area contributed by atoms with Crippen LogP contribution < -0.4 is 21.7 Å². The maximum absolute atomic E-state index is 12.0. The third-order valence-corrected chi connectivity index (χ3v) is 4.96. The Bertz CT molecular complexity index is 1060. The molecule has 5 amide bonds. The lowest BCUT2D eigenvalue weighted by molar-refractivity contribution is -0.155. The van der Waals surface area contributed by atoms with Crippen LogP contribution in [0.15, 0.2) is 30.3 Å². The van der Waals surface area contributed by atoms with Crippen LogP contribution in [0.3, 0.4) is 0 Å². The van der Waals surface area contributed by atoms with Crippen molar-refractivity contribution in [3.05, 3.63) is 35.9 Å². The first-order chi connectivity index (χ1) is 17.0. The predicted molar refractivity (Wildman–Crippen MR) is 118 cm³/mol. The van der Waals surface area contributed by atoms with E-state index in [0.29, 0.717) is 0 Å². The van der Waals surface area contributed by atoms with Crippen LogP contribution in [-0.2, 0) is 49.6 Å². The monoisotopic (exact) mass is 506 g/mol. The first-order valence-electron chi connectivity index (χ1n) is 10.8. The van der Waals surface area contributed by atoms with Crippen LogP contribution in [0.2, 0.25) is 0 Å². The maximum Gasteiger partial charge on any atom is 0.408 e. The fraction of sp³-hybridized carbons (Fsp3) is 0.409. The van der Waals surface area contributed by atoms with Gasteiger partial charge in [-0.15, -0.1) is 0 Å². The van der Waals surface area contributed by atoms with Gasteiger partial charge in [-0.2, -0.15) is 0 Å². The Kier molecular flexibility index (Phi) is 9.21. The summed E-state index contributed by atoms with van der Waals surface area (Å²) in [7, 11) is 0. The van der Waals surface area contributed by atoms with Crippen molar-refractivity contribution in [3.8, 4) is 0 Å². The summed E-state index contributed by atoms with van der Waals surface area (Å²) < 4.78 is 14.3. The number of amides is 5. The van der Waals surface area contributed by atoms with Crippen molar-refractivity contribution < 1.29 is 47.8 Å². The number of nitrogens with one attached hydrogen (secondary N) is 3. The van der Waals surface area contributed by atoms with Gasteiger partial charge in [0, 0.05) is 0 Å². The van der Waals surface area contributed by atoms with E-state index < -0.39 is 59.2 Å². The minimum atomic E-state index is -2.08. The number of alkyl carbamates (subject to hydrolysis) is 1. The molecule has 1 aromatic carbocycles. The normalized spacial score (nSPS) is 22.5. The molecule has 2 fully saturated rings. The van der Waals surface area contributed by atoms with Crippen LogP contribution in [0, 0.1) is 0 Å². The molecule has 0 spiro atoms. The highest BCUT2D eigenvalue weighted by Crippen LogP contribution is 2.20. The van der Waals surface area contributed by atoms with Crippen molar-refractivity contribution in [2.75, 3.05) is 13.2 Å². The van der Waals surface area contributed by atoms with Crippen LogP contribution >= 0.6 is 0 Å². The van der Waals surface area contributed by atoms with E-state index in [9.17, 15) is 33.6 Å². The molecule has 0 aromatic heterocycles. The average molecular weight is 506 g/mol. The minimum absolute atomic E-state index is 0.00277. The molecular weight excluding hydrogens is 480 g/mol. The molecular formula is C22H26N4O10. The molecule has 14 heteroatoms. The summed E-state index contributed by atoms with van der Waals surface area (Å²) in [5.74, 6) is -4.82. The summed E-state index contributed by atoms with van der Waals surface area (Å²) >= 11 is 0. The molecule has 0 saturated carbocycles. The molecule has 5 N–H and O–H groups in total. The van der Waals surface area contributed by atoms with Gasteiger partial charge in [0.25, 0.3) is 11.8 Å². The number of hydrogen-bond acceptors (Lipinski definition) is 11. The predicted octanol–water partition coefficient (Wildman–Crippen LogP) is -1.45. The van der Waals surface area contributed by atoms with Gasteiger partial charge in [-0.05, 0) is 19.4 Å². The molecule has 0 aliphatic carbocycles. The molecule has 0 bridgehead atoms. The van der Waals surface area contributed by atoms with E-state index in [4.69, 9.17) is 15.2 Å². The van der Waals surface area contributed by atoms with Crippen molar-refractivity contribution in [3.63, 3.8) is 0 Å². The van der Waals surface area contributed by atoms with Gasteiger partial charge in [-0.25, -0.2) is 14.4 Å². The molecule has 36 heavy (non-hydrogen) atoms. The van der Waals surface area contributed by atoms with Gasteiger partial charge in [-0.3, -0.25) is 35.1 Å². The summed E-state index contributed by atoms with van der Waals surface area (Å²) in [6.07, 6.45) is -1.86. The summed E-state index contributed by atoms with van der Waals surface area (Å²) in [5.41, 5.74) is 2.24. The highest BCUT2D eigenvalue weighted by atomic mass is 16.6. The maximum atomic E-state index is 12.0. The number of esters is 2. The summed E-state index contributed by atoms with van der Waals surface area (Å²) in [5, 5.41) is 6.08. The number of hydrogen-bond donors (Lipinski definition) is 4. The minimum Gasteiger partial charge on any atom is -0.464 e. The Morgan fingerprint density at radius 2 is 1.42 bits per heavy atom. The van der Waals surface area contributed by atoms with Crippen molar-refractivity contribution in [1.82, 2.24) is 16.0 Å². The summed E-state index contributed by atoms with van der Waals surface area (Å²) in [6, 6.07) is 8.87. The van der Waals surface area contributed by atoms with Gasteiger partial charge in [0.05, 0.1) is 26.1 Å². The SMILES string of the molecule is CCOC(=O)C1(N)CC(=O)NC1=O.CCOC(=O)C1(NC(=O)OCc2ccccc2)CC(=O)NC1=O. The highest BCUT2D eigenvalue weighted by molar-refractivity contribution is 6.21. The number of carbonyl (C=O) groups is 7. The second kappa shape index (κ2) is 11.9. The van der Waals surface area contributed by atoms with Crippen LogP contribution in [0.5, 0.6) is 0 Å². The zero-order valence-electron chi connectivity index (χ0n) is 19.6. The van der Waals surface area contributed by atoms with Gasteiger partial charge in [0.15, 0.2) is 0 Å². The van der Waals surface area contributed by atoms with Crippen LogP contribution in [0.25, 0.3) is 0 Å². The van der Waals surface area contributed by atoms with Gasteiger partial charge >= 0.3 is 18.0 Å². The Hall–Kier alpha value is -4.33. The highest BCUT2D eigenvalue weighted by Gasteiger charge is 2.56. The molecule has 2 aliphatic rings. The molecule has 2 atom stereocenters. The van der Waals surface area contributed by atoms with E-state index in [1.54, 1.807) is 38.1 Å². The van der Waals surface area contributed by atoms with Crippen molar-refractivity contribution >= 4 is 41.7 Å². The number of ether oxygens (including phenoxy) is 3.